The molecule has 1 fully saturated rings. The smallest absolute Gasteiger partial charge is 0.321 e. The Balaban J connectivity index is 2.10. The van der Waals surface area contributed by atoms with E-state index in [0.717, 1.165) is 6.07 Å². The van der Waals surface area contributed by atoms with Crippen LogP contribution in [0.1, 0.15) is 18.4 Å². The Labute approximate surface area is 120 Å². The predicted molar refractivity (Wildman–Crippen MR) is 72.1 cm³/mol. The number of carboxylic acids is 1. The number of anilines is 1. The third kappa shape index (κ3) is 3.28. The number of amides is 2. The van der Waals surface area contributed by atoms with Gasteiger partial charge in [0.1, 0.15) is 17.4 Å². The van der Waals surface area contributed by atoms with E-state index in [1.165, 1.54) is 17.0 Å². The number of urea groups is 1. The van der Waals surface area contributed by atoms with Gasteiger partial charge in [0, 0.05) is 13.1 Å². The molecule has 2 N–H and O–H groups in total. The van der Waals surface area contributed by atoms with E-state index in [1.54, 1.807) is 6.07 Å². The Morgan fingerprint density at radius 1 is 1.48 bits per heavy atom. The summed E-state index contributed by atoms with van der Waals surface area (Å²) < 4.78 is 13.4. The minimum absolute atomic E-state index is 0.0833. The highest BCUT2D eigenvalue weighted by molar-refractivity contribution is 5.91. The number of rotatable bonds is 2. The summed E-state index contributed by atoms with van der Waals surface area (Å²) in [5.41, 5.74) is -0.155. The molecule has 7 heteroatoms. The number of nitriles is 1. The summed E-state index contributed by atoms with van der Waals surface area (Å²) in [6.45, 7) is 0.547. The third-order valence-electron chi connectivity index (χ3n) is 3.42. The number of halogens is 1. The van der Waals surface area contributed by atoms with Gasteiger partial charge in [0.25, 0.3) is 0 Å². The predicted octanol–water partition coefficient (Wildman–Crippen LogP) is 2.03. The lowest BCUT2D eigenvalue weighted by atomic mass is 9.99. The summed E-state index contributed by atoms with van der Waals surface area (Å²) in [4.78, 5) is 24.4. The van der Waals surface area contributed by atoms with E-state index in [0.29, 0.717) is 19.4 Å². The lowest BCUT2D eigenvalue weighted by molar-refractivity contribution is -0.143. The molecule has 1 aliphatic heterocycles. The molecule has 0 saturated carbocycles. The normalized spacial score (nSPS) is 17.9. The zero-order valence-corrected chi connectivity index (χ0v) is 11.2. The molecule has 0 bridgehead atoms. The summed E-state index contributed by atoms with van der Waals surface area (Å²) >= 11 is 0. The van der Waals surface area contributed by atoms with Crippen LogP contribution in [-0.4, -0.2) is 35.1 Å². The van der Waals surface area contributed by atoms with E-state index >= 15 is 0 Å². The second kappa shape index (κ2) is 6.22. The van der Waals surface area contributed by atoms with Crippen LogP contribution in [0.3, 0.4) is 0 Å². The van der Waals surface area contributed by atoms with Crippen molar-refractivity contribution in [1.29, 1.82) is 5.26 Å². The van der Waals surface area contributed by atoms with Gasteiger partial charge in [0.15, 0.2) is 0 Å². The molecular formula is C14H14FN3O3. The zero-order chi connectivity index (χ0) is 15.4. The number of carboxylic acid groups (broad SMARTS) is 1. The van der Waals surface area contributed by atoms with Crippen molar-refractivity contribution in [2.75, 3.05) is 18.4 Å². The molecule has 0 unspecified atom stereocenters. The summed E-state index contributed by atoms with van der Waals surface area (Å²) in [6, 6.07) is 5.13. The van der Waals surface area contributed by atoms with Crippen LogP contribution < -0.4 is 5.32 Å². The summed E-state index contributed by atoms with van der Waals surface area (Å²) in [5, 5.41) is 20.4. The van der Waals surface area contributed by atoms with Crippen molar-refractivity contribution in [3.63, 3.8) is 0 Å². The van der Waals surface area contributed by atoms with Crippen LogP contribution in [0.4, 0.5) is 14.9 Å². The van der Waals surface area contributed by atoms with Crippen molar-refractivity contribution in [3.05, 3.63) is 29.6 Å². The van der Waals surface area contributed by atoms with Gasteiger partial charge in [-0.2, -0.15) is 5.26 Å². The summed E-state index contributed by atoms with van der Waals surface area (Å²) in [7, 11) is 0. The molecule has 0 spiro atoms. The molecule has 0 radical (unpaired) electrons. The summed E-state index contributed by atoms with van der Waals surface area (Å²) in [5.74, 6) is -2.24. The fourth-order valence-electron chi connectivity index (χ4n) is 2.30. The molecule has 110 valence electrons. The SMILES string of the molecule is N#Cc1c(F)cccc1NC(=O)N1CCC[C@@H](C(=O)O)C1. The van der Waals surface area contributed by atoms with Crippen molar-refractivity contribution in [2.24, 2.45) is 5.92 Å². The molecule has 0 aliphatic carbocycles. The van der Waals surface area contributed by atoms with Gasteiger partial charge in [-0.3, -0.25) is 4.79 Å². The first-order valence-electron chi connectivity index (χ1n) is 6.50. The average Bonchev–Trinajstić information content (AvgIpc) is 2.47. The minimum atomic E-state index is -0.934. The fraction of sp³-hybridized carbons (Fsp3) is 0.357. The number of piperidine rings is 1. The van der Waals surface area contributed by atoms with Crippen molar-refractivity contribution in [2.45, 2.75) is 12.8 Å². The molecule has 1 aromatic rings. The molecule has 21 heavy (non-hydrogen) atoms. The highest BCUT2D eigenvalue weighted by Crippen LogP contribution is 2.21. The zero-order valence-electron chi connectivity index (χ0n) is 11.2. The van der Waals surface area contributed by atoms with Crippen LogP contribution in [-0.2, 0) is 4.79 Å². The standard InChI is InChI=1S/C14H14FN3O3/c15-11-4-1-5-12(10(11)7-16)17-14(21)18-6-2-3-9(8-18)13(19)20/h1,4-5,9H,2-3,6,8H2,(H,17,21)(H,19,20)/t9-/m1/s1. The van der Waals surface area contributed by atoms with Crippen LogP contribution in [0, 0.1) is 23.1 Å². The maximum absolute atomic E-state index is 13.4. The molecule has 1 heterocycles. The Bertz CT molecular complexity index is 612. The molecule has 2 amide bonds. The van der Waals surface area contributed by atoms with Gasteiger partial charge in [-0.15, -0.1) is 0 Å². The minimum Gasteiger partial charge on any atom is -0.481 e. The van der Waals surface area contributed by atoms with E-state index in [1.807, 2.05) is 0 Å². The Morgan fingerprint density at radius 2 is 2.24 bits per heavy atom. The monoisotopic (exact) mass is 291 g/mol. The molecule has 1 aliphatic rings. The molecule has 1 atom stereocenters. The first-order valence-corrected chi connectivity index (χ1v) is 6.50. The fourth-order valence-corrected chi connectivity index (χ4v) is 2.30. The molecule has 1 aromatic carbocycles. The lowest BCUT2D eigenvalue weighted by Gasteiger charge is -2.30. The first-order chi connectivity index (χ1) is 10.0. The molecule has 0 aromatic heterocycles. The number of carbonyl (C=O) groups excluding carboxylic acids is 1. The summed E-state index contributed by atoms with van der Waals surface area (Å²) in [6.07, 6.45) is 1.13. The van der Waals surface area contributed by atoms with Crippen LogP contribution in [0.2, 0.25) is 0 Å². The van der Waals surface area contributed by atoms with E-state index in [2.05, 4.69) is 5.32 Å². The quantitative estimate of drug-likeness (QED) is 0.871. The van der Waals surface area contributed by atoms with Crippen molar-refractivity contribution >= 4 is 17.7 Å². The van der Waals surface area contributed by atoms with Crippen LogP contribution >= 0.6 is 0 Å². The van der Waals surface area contributed by atoms with Crippen LogP contribution in [0.15, 0.2) is 18.2 Å². The Hall–Kier alpha value is -2.62. The van der Waals surface area contributed by atoms with Crippen molar-refractivity contribution in [1.82, 2.24) is 4.90 Å². The van der Waals surface area contributed by atoms with E-state index in [4.69, 9.17) is 10.4 Å². The second-order valence-corrected chi connectivity index (χ2v) is 4.83. The maximum Gasteiger partial charge on any atom is 0.321 e. The number of likely N-dealkylation sites (tertiary alicyclic amines) is 1. The van der Waals surface area contributed by atoms with Gasteiger partial charge in [-0.25, -0.2) is 9.18 Å². The van der Waals surface area contributed by atoms with Gasteiger partial charge in [0.05, 0.1) is 11.6 Å². The number of hydrogen-bond donors (Lipinski definition) is 2. The Morgan fingerprint density at radius 3 is 2.90 bits per heavy atom. The van der Waals surface area contributed by atoms with Gasteiger partial charge < -0.3 is 15.3 Å². The van der Waals surface area contributed by atoms with Gasteiger partial charge in [0.2, 0.25) is 0 Å². The van der Waals surface area contributed by atoms with E-state index in [9.17, 15) is 14.0 Å². The number of nitrogens with zero attached hydrogens (tertiary/aromatic N) is 2. The highest BCUT2D eigenvalue weighted by atomic mass is 19.1. The number of aliphatic carboxylic acids is 1. The topological polar surface area (TPSA) is 93.4 Å². The van der Waals surface area contributed by atoms with Gasteiger partial charge >= 0.3 is 12.0 Å². The van der Waals surface area contributed by atoms with Gasteiger partial charge in [-0.05, 0) is 25.0 Å². The number of carbonyl (C=O) groups is 2. The molecule has 1 saturated heterocycles. The molecule has 2 rings (SSSR count). The van der Waals surface area contributed by atoms with Crippen LogP contribution in [0.25, 0.3) is 0 Å². The number of benzene rings is 1. The molecular weight excluding hydrogens is 277 g/mol. The van der Waals surface area contributed by atoms with Crippen molar-refractivity contribution in [3.8, 4) is 6.07 Å². The lowest BCUT2D eigenvalue weighted by Crippen LogP contribution is -2.44. The molecule has 6 nitrogen and oxygen atoms in total. The van der Waals surface area contributed by atoms with Gasteiger partial charge in [-0.1, -0.05) is 6.07 Å². The second-order valence-electron chi connectivity index (χ2n) is 4.83. The van der Waals surface area contributed by atoms with Crippen LogP contribution in [0.5, 0.6) is 0 Å². The third-order valence-corrected chi connectivity index (χ3v) is 3.42. The van der Waals surface area contributed by atoms with E-state index < -0.39 is 23.7 Å². The highest BCUT2D eigenvalue weighted by Gasteiger charge is 2.28. The number of nitrogens with one attached hydrogen (secondary N) is 1. The Kier molecular flexibility index (Phi) is 4.38. The maximum atomic E-state index is 13.4. The van der Waals surface area contributed by atoms with E-state index in [-0.39, 0.29) is 17.8 Å². The number of hydrogen-bond acceptors (Lipinski definition) is 3. The van der Waals surface area contributed by atoms with Crippen molar-refractivity contribution < 1.29 is 19.1 Å². The average molecular weight is 291 g/mol. The first kappa shape index (κ1) is 14.8. The largest absolute Gasteiger partial charge is 0.481 e.